The van der Waals surface area contributed by atoms with E-state index < -0.39 is 5.91 Å². The molecule has 1 aromatic rings. The predicted molar refractivity (Wildman–Crippen MR) is 86.6 cm³/mol. The maximum atomic E-state index is 11.8. The number of nitrogen functional groups attached to an aromatic ring is 1. The third kappa shape index (κ3) is 4.06. The van der Waals surface area contributed by atoms with Crippen LogP contribution in [0.15, 0.2) is 3.21 Å². The van der Waals surface area contributed by atoms with Crippen LogP contribution >= 0.6 is 68.8 Å². The summed E-state index contributed by atoms with van der Waals surface area (Å²) in [5.74, 6) is -0.325. The molecule has 1 rings (SSSR count). The van der Waals surface area contributed by atoms with E-state index in [1.165, 1.54) is 11.8 Å². The zero-order valence-corrected chi connectivity index (χ0v) is 14.3. The molecule has 1 amide bonds. The lowest BCUT2D eigenvalue weighted by Crippen LogP contribution is -2.29. The zero-order chi connectivity index (χ0) is 13.0. The number of rotatable bonds is 1. The molecule has 0 saturated carbocycles. The van der Waals surface area contributed by atoms with Crippen LogP contribution in [0.1, 0.15) is 10.5 Å². The minimum atomic E-state index is -0.423. The van der Waals surface area contributed by atoms with Crippen molar-refractivity contribution in [3.8, 4) is 0 Å². The van der Waals surface area contributed by atoms with Gasteiger partial charge in [0, 0.05) is 0 Å². The molecule has 3 N–H and O–H groups in total. The smallest absolute Gasteiger partial charge is 0.278 e. The Labute approximate surface area is 134 Å². The molecule has 0 saturated heterocycles. The van der Waals surface area contributed by atoms with Crippen LogP contribution in [0, 0.1) is 3.70 Å². The molecule has 0 bridgehead atoms. The van der Waals surface area contributed by atoms with Gasteiger partial charge in [-0.25, -0.2) is 9.97 Å². The molecule has 0 spiro atoms. The summed E-state index contributed by atoms with van der Waals surface area (Å²) in [6.45, 7) is 0. The molecule has 6 nitrogen and oxygen atoms in total. The van der Waals surface area contributed by atoms with Gasteiger partial charge in [0.15, 0.2) is 21.8 Å². The normalized spacial score (nSPS) is 11.4. The fraction of sp³-hybridized carbons (Fsp3) is 0.143. The molecule has 0 fully saturated rings. The van der Waals surface area contributed by atoms with Gasteiger partial charge in [0.2, 0.25) is 0 Å². The summed E-state index contributed by atoms with van der Waals surface area (Å²) >= 11 is 10.7. The summed E-state index contributed by atoms with van der Waals surface area (Å²) in [4.78, 5) is 19.6. The van der Waals surface area contributed by atoms with Crippen molar-refractivity contribution in [1.29, 1.82) is 0 Å². The minimum Gasteiger partial charge on any atom is -0.381 e. The molecule has 10 heteroatoms. The van der Waals surface area contributed by atoms with Crippen LogP contribution in [0.2, 0.25) is 5.15 Å². The Morgan fingerprint density at radius 1 is 1.59 bits per heavy atom. The molecule has 0 aliphatic rings. The largest absolute Gasteiger partial charge is 0.381 e. The first kappa shape index (κ1) is 15.2. The summed E-state index contributed by atoms with van der Waals surface area (Å²) in [5.41, 5.74) is 5.59. The third-order valence-corrected chi connectivity index (χ3v) is 3.96. The van der Waals surface area contributed by atoms with Crippen LogP contribution in [0.5, 0.6) is 0 Å². The second-order valence-corrected chi connectivity index (χ2v) is 5.24. The van der Waals surface area contributed by atoms with Crippen molar-refractivity contribution in [2.75, 3.05) is 12.0 Å². The molecule has 0 aliphatic heterocycles. The maximum Gasteiger partial charge on any atom is 0.278 e. The van der Waals surface area contributed by atoms with Crippen molar-refractivity contribution in [1.82, 2.24) is 15.3 Å². The van der Waals surface area contributed by atoms with Crippen molar-refractivity contribution in [2.24, 2.45) is 3.21 Å². The van der Waals surface area contributed by atoms with Crippen molar-refractivity contribution < 1.29 is 4.79 Å². The van der Waals surface area contributed by atoms with Gasteiger partial charge in [-0.1, -0.05) is 23.4 Å². The number of amides is 1. The molecule has 1 heterocycles. The van der Waals surface area contributed by atoms with Gasteiger partial charge in [0.25, 0.3) is 5.91 Å². The first-order chi connectivity index (χ1) is 7.99. The average molecular weight is 497 g/mol. The lowest BCUT2D eigenvalue weighted by atomic mass is 10.4. The van der Waals surface area contributed by atoms with Gasteiger partial charge in [0.1, 0.15) is 3.70 Å². The molecule has 1 aromatic heterocycles. The van der Waals surface area contributed by atoms with E-state index in [1.54, 1.807) is 29.1 Å². The van der Waals surface area contributed by atoms with E-state index in [2.05, 4.69) is 18.5 Å². The van der Waals surface area contributed by atoms with E-state index >= 15 is 0 Å². The SMILES string of the molecule is CS/C(=N\I)NC(=O)c1nc(Cl)c(N)nc1I. The lowest BCUT2D eigenvalue weighted by Gasteiger charge is -2.06. The fourth-order valence-electron chi connectivity index (χ4n) is 0.814. The molecular formula is C7H6ClI2N5OS. The number of thioether (sulfide) groups is 1. The Bertz CT molecular complexity index is 484. The molecule has 0 unspecified atom stereocenters. The van der Waals surface area contributed by atoms with Crippen LogP contribution in [0.4, 0.5) is 5.82 Å². The summed E-state index contributed by atoms with van der Waals surface area (Å²) < 4.78 is 4.24. The van der Waals surface area contributed by atoms with Gasteiger partial charge in [0.05, 0.1) is 22.9 Å². The Morgan fingerprint density at radius 2 is 2.24 bits per heavy atom. The number of carbonyl (C=O) groups excluding carboxylic acids is 1. The second-order valence-electron chi connectivity index (χ2n) is 2.59. The summed E-state index contributed by atoms with van der Waals surface area (Å²) in [7, 11) is 0. The van der Waals surface area contributed by atoms with Gasteiger partial charge >= 0.3 is 0 Å². The Hall–Kier alpha value is 0.120. The average Bonchev–Trinajstić information content (AvgIpc) is 2.30. The van der Waals surface area contributed by atoms with Crippen LogP contribution in [0.25, 0.3) is 0 Å². The van der Waals surface area contributed by atoms with Crippen molar-refractivity contribution in [3.63, 3.8) is 0 Å². The van der Waals surface area contributed by atoms with Gasteiger partial charge < -0.3 is 5.73 Å². The highest BCUT2D eigenvalue weighted by Crippen LogP contribution is 2.17. The number of halogens is 3. The standard InChI is InChI=1S/C7H6ClI2N5OS/c1-17-7(15-10)14-6(16)2-4(9)13-5(11)3(8)12-2/h1H3,(H2,11,13)(H,14,15,16). The topological polar surface area (TPSA) is 93.3 Å². The number of hydrogen-bond acceptors (Lipinski definition) is 6. The number of nitrogens with two attached hydrogens (primary N) is 1. The number of anilines is 1. The van der Waals surface area contributed by atoms with Crippen LogP contribution in [0.3, 0.4) is 0 Å². The van der Waals surface area contributed by atoms with E-state index in [0.717, 1.165) is 0 Å². The Kier molecular flexibility index (Phi) is 6.16. The Morgan fingerprint density at radius 3 is 2.76 bits per heavy atom. The van der Waals surface area contributed by atoms with Gasteiger partial charge in [-0.15, -0.1) is 0 Å². The molecule has 0 aromatic carbocycles. The monoisotopic (exact) mass is 497 g/mol. The highest BCUT2D eigenvalue weighted by Gasteiger charge is 2.17. The highest BCUT2D eigenvalue weighted by atomic mass is 127. The summed E-state index contributed by atoms with van der Waals surface area (Å²) in [5, 5.41) is 3.06. The first-order valence-electron chi connectivity index (χ1n) is 4.02. The van der Waals surface area contributed by atoms with Crippen LogP contribution < -0.4 is 11.1 Å². The number of nitrogens with zero attached hydrogens (tertiary/aromatic N) is 3. The van der Waals surface area contributed by atoms with Gasteiger partial charge in [-0.2, -0.15) is 3.21 Å². The van der Waals surface area contributed by atoms with E-state index in [4.69, 9.17) is 17.3 Å². The molecule has 0 radical (unpaired) electrons. The quantitative estimate of drug-likeness (QED) is 0.352. The van der Waals surface area contributed by atoms with Crippen molar-refractivity contribution in [3.05, 3.63) is 14.5 Å². The first-order valence-corrected chi connectivity index (χ1v) is 7.67. The maximum absolute atomic E-state index is 11.8. The lowest BCUT2D eigenvalue weighted by molar-refractivity contribution is 0.0972. The zero-order valence-electron chi connectivity index (χ0n) is 8.37. The number of hydrogen-bond donors (Lipinski definition) is 2. The molecule has 0 aliphatic carbocycles. The van der Waals surface area contributed by atoms with Crippen molar-refractivity contribution in [2.45, 2.75) is 0 Å². The third-order valence-electron chi connectivity index (χ3n) is 1.54. The number of aromatic nitrogens is 2. The molecule has 0 atom stereocenters. The summed E-state index contributed by atoms with van der Waals surface area (Å²) in [6, 6.07) is 0. The van der Waals surface area contributed by atoms with Gasteiger partial charge in [-0.3, -0.25) is 10.1 Å². The fourth-order valence-corrected chi connectivity index (χ4v) is 2.54. The minimum absolute atomic E-state index is 0.00711. The number of amidine groups is 1. The van der Waals surface area contributed by atoms with Crippen LogP contribution in [-0.2, 0) is 0 Å². The summed E-state index contributed by atoms with van der Waals surface area (Å²) in [6.07, 6.45) is 1.80. The van der Waals surface area contributed by atoms with E-state index in [0.29, 0.717) is 8.87 Å². The molecule has 17 heavy (non-hydrogen) atoms. The molecule has 92 valence electrons. The number of nitrogens with one attached hydrogen (secondary N) is 1. The van der Waals surface area contributed by atoms with Crippen LogP contribution in [-0.4, -0.2) is 27.3 Å². The van der Waals surface area contributed by atoms with E-state index in [1.807, 2.05) is 22.6 Å². The second kappa shape index (κ2) is 6.89. The van der Waals surface area contributed by atoms with E-state index in [9.17, 15) is 4.79 Å². The van der Waals surface area contributed by atoms with Gasteiger partial charge in [-0.05, 0) is 28.8 Å². The highest BCUT2D eigenvalue weighted by molar-refractivity contribution is 14.1. The molecular weight excluding hydrogens is 491 g/mol. The van der Waals surface area contributed by atoms with E-state index in [-0.39, 0.29) is 16.7 Å². The Balaban J connectivity index is 3.01. The van der Waals surface area contributed by atoms with Crippen molar-refractivity contribution >= 4 is 85.7 Å². The predicted octanol–water partition coefficient (Wildman–Crippen LogP) is 2.12. The number of carbonyl (C=O) groups is 1.